The van der Waals surface area contributed by atoms with Gasteiger partial charge in [0.05, 0.1) is 0 Å². The Labute approximate surface area is 169 Å². The summed E-state index contributed by atoms with van der Waals surface area (Å²) in [5.41, 5.74) is 5.79. The van der Waals surface area contributed by atoms with Crippen molar-refractivity contribution in [1.82, 2.24) is 15.2 Å². The molecule has 3 saturated carbocycles. The van der Waals surface area contributed by atoms with Crippen LogP contribution in [0.15, 0.2) is 18.3 Å². The number of nitrogens with one attached hydrogen (secondary N) is 1. The fourth-order valence-electron chi connectivity index (χ4n) is 5.17. The topological polar surface area (TPSA) is 115 Å². The van der Waals surface area contributed by atoms with Crippen molar-refractivity contribution >= 4 is 17.8 Å². The zero-order valence-electron chi connectivity index (χ0n) is 16.3. The molecule has 1 unspecified atom stereocenters. The van der Waals surface area contributed by atoms with Crippen LogP contribution in [0.25, 0.3) is 0 Å². The molecule has 0 aromatic carbocycles. The average Bonchev–Trinajstić information content (AvgIpc) is 3.41. The smallest absolute Gasteiger partial charge is 0.325 e. The standard InChI is InChI=1S/C21H26N4O4/c22-17(26)15-2-1-7-23-18(15)29-14-10-21(11-14)8-13(9-21)25-19(27)16(24-20(25)28)6-5-12-3-4-12/h1-2,7,12-14,16H,3-6,8-11H2,(H2,22,26)(H,24,28). The van der Waals surface area contributed by atoms with Gasteiger partial charge in [-0.1, -0.05) is 12.8 Å². The largest absolute Gasteiger partial charge is 0.474 e. The maximum absolute atomic E-state index is 12.7. The van der Waals surface area contributed by atoms with E-state index in [0.717, 1.165) is 44.4 Å². The van der Waals surface area contributed by atoms with Crippen molar-refractivity contribution in [3.8, 4) is 5.88 Å². The number of amides is 4. The van der Waals surface area contributed by atoms with Crippen LogP contribution in [0, 0.1) is 11.3 Å². The van der Waals surface area contributed by atoms with Gasteiger partial charge in [0.25, 0.3) is 11.8 Å². The van der Waals surface area contributed by atoms with Gasteiger partial charge in [-0.25, -0.2) is 9.78 Å². The highest BCUT2D eigenvalue weighted by atomic mass is 16.5. The van der Waals surface area contributed by atoms with Crippen molar-refractivity contribution in [3.05, 3.63) is 23.9 Å². The normalized spacial score (nSPS) is 33.2. The molecule has 0 bridgehead atoms. The zero-order chi connectivity index (χ0) is 20.2. The molecule has 1 atom stereocenters. The number of hydrogen-bond donors (Lipinski definition) is 2. The molecule has 5 rings (SSSR count). The first-order valence-electron chi connectivity index (χ1n) is 10.5. The molecule has 1 spiro atoms. The third-order valence-corrected chi connectivity index (χ3v) is 6.95. The van der Waals surface area contributed by atoms with Crippen LogP contribution in [0.2, 0.25) is 0 Å². The summed E-state index contributed by atoms with van der Waals surface area (Å²) in [6, 6.07) is 2.68. The molecule has 1 aromatic heterocycles. The molecular formula is C21H26N4O4. The Hall–Kier alpha value is -2.64. The minimum Gasteiger partial charge on any atom is -0.474 e. The fourth-order valence-corrected chi connectivity index (χ4v) is 5.17. The van der Waals surface area contributed by atoms with E-state index in [2.05, 4.69) is 10.3 Å². The predicted molar refractivity (Wildman–Crippen MR) is 103 cm³/mol. The number of aromatic nitrogens is 1. The highest BCUT2D eigenvalue weighted by Crippen LogP contribution is 2.58. The van der Waals surface area contributed by atoms with Crippen LogP contribution in [0.5, 0.6) is 5.88 Å². The number of nitrogens with two attached hydrogens (primary N) is 1. The van der Waals surface area contributed by atoms with E-state index in [0.29, 0.717) is 0 Å². The van der Waals surface area contributed by atoms with Gasteiger partial charge in [0.1, 0.15) is 17.7 Å². The number of rotatable bonds is 7. The number of imide groups is 1. The molecule has 1 saturated heterocycles. The summed E-state index contributed by atoms with van der Waals surface area (Å²) >= 11 is 0. The van der Waals surface area contributed by atoms with Gasteiger partial charge < -0.3 is 15.8 Å². The van der Waals surface area contributed by atoms with Gasteiger partial charge in [-0.3, -0.25) is 14.5 Å². The molecule has 2 heterocycles. The summed E-state index contributed by atoms with van der Waals surface area (Å²) in [6.45, 7) is 0. The molecule has 3 aliphatic carbocycles. The molecule has 3 N–H and O–H groups in total. The van der Waals surface area contributed by atoms with Crippen LogP contribution >= 0.6 is 0 Å². The fraction of sp³-hybridized carbons (Fsp3) is 0.619. The number of carbonyl (C=O) groups is 3. The maximum atomic E-state index is 12.7. The number of primary amides is 1. The van der Waals surface area contributed by atoms with Crippen molar-refractivity contribution in [2.75, 3.05) is 0 Å². The van der Waals surface area contributed by atoms with E-state index >= 15 is 0 Å². The number of nitrogens with zero attached hydrogens (tertiary/aromatic N) is 2. The Morgan fingerprint density at radius 1 is 1.24 bits per heavy atom. The van der Waals surface area contributed by atoms with Crippen LogP contribution in [-0.2, 0) is 4.79 Å². The highest BCUT2D eigenvalue weighted by Gasteiger charge is 2.58. The summed E-state index contributed by atoms with van der Waals surface area (Å²) in [6.07, 6.45) is 9.19. The molecule has 4 amide bonds. The lowest BCUT2D eigenvalue weighted by Gasteiger charge is -2.58. The molecule has 4 aliphatic rings. The quantitative estimate of drug-likeness (QED) is 0.682. The van der Waals surface area contributed by atoms with Crippen LogP contribution in [0.4, 0.5) is 4.79 Å². The lowest BCUT2D eigenvalue weighted by atomic mass is 9.52. The molecule has 154 valence electrons. The summed E-state index contributed by atoms with van der Waals surface area (Å²) in [4.78, 5) is 42.1. The van der Waals surface area contributed by atoms with E-state index in [4.69, 9.17) is 10.5 Å². The Balaban J connectivity index is 1.13. The lowest BCUT2D eigenvalue weighted by Crippen LogP contribution is -2.60. The molecule has 8 nitrogen and oxygen atoms in total. The van der Waals surface area contributed by atoms with Crippen molar-refractivity contribution in [1.29, 1.82) is 0 Å². The van der Waals surface area contributed by atoms with Gasteiger partial charge >= 0.3 is 6.03 Å². The van der Waals surface area contributed by atoms with E-state index in [-0.39, 0.29) is 47.0 Å². The molecule has 8 heteroatoms. The Bertz CT molecular complexity index is 854. The number of carbonyl (C=O) groups excluding carboxylic acids is 3. The van der Waals surface area contributed by atoms with Crippen LogP contribution < -0.4 is 15.8 Å². The highest BCUT2D eigenvalue weighted by molar-refractivity contribution is 6.04. The Morgan fingerprint density at radius 3 is 2.69 bits per heavy atom. The third-order valence-electron chi connectivity index (χ3n) is 6.95. The van der Waals surface area contributed by atoms with Crippen molar-refractivity contribution in [2.45, 2.75) is 69.6 Å². The number of urea groups is 1. The molecule has 29 heavy (non-hydrogen) atoms. The summed E-state index contributed by atoms with van der Waals surface area (Å²) in [5.74, 6) is 0.424. The minimum atomic E-state index is -0.555. The summed E-state index contributed by atoms with van der Waals surface area (Å²) in [7, 11) is 0. The van der Waals surface area contributed by atoms with Crippen LogP contribution in [-0.4, -0.2) is 45.9 Å². The number of ether oxygens (including phenoxy) is 1. The molecule has 1 aliphatic heterocycles. The van der Waals surface area contributed by atoms with E-state index in [9.17, 15) is 14.4 Å². The molecular weight excluding hydrogens is 372 g/mol. The minimum absolute atomic E-state index is 0.00888. The van der Waals surface area contributed by atoms with Crippen LogP contribution in [0.1, 0.15) is 61.7 Å². The second-order valence-corrected chi connectivity index (χ2v) is 9.16. The zero-order valence-corrected chi connectivity index (χ0v) is 16.3. The Morgan fingerprint density at radius 2 is 2.00 bits per heavy atom. The maximum Gasteiger partial charge on any atom is 0.325 e. The molecule has 0 radical (unpaired) electrons. The van der Waals surface area contributed by atoms with Gasteiger partial charge in [-0.2, -0.15) is 0 Å². The van der Waals surface area contributed by atoms with E-state index in [1.807, 2.05) is 0 Å². The first-order valence-corrected chi connectivity index (χ1v) is 10.5. The SMILES string of the molecule is NC(=O)c1cccnc1OC1CC2(C1)CC(N1C(=O)NC(CCC3CC3)C1=O)C2. The van der Waals surface area contributed by atoms with Gasteiger partial charge in [-0.05, 0) is 62.0 Å². The second-order valence-electron chi connectivity index (χ2n) is 9.16. The van der Waals surface area contributed by atoms with Gasteiger partial charge in [0, 0.05) is 12.2 Å². The summed E-state index contributed by atoms with van der Waals surface area (Å²) < 4.78 is 5.88. The monoisotopic (exact) mass is 398 g/mol. The van der Waals surface area contributed by atoms with Crippen LogP contribution in [0.3, 0.4) is 0 Å². The summed E-state index contributed by atoms with van der Waals surface area (Å²) in [5, 5.41) is 2.87. The molecule has 4 fully saturated rings. The van der Waals surface area contributed by atoms with Crippen molar-refractivity contribution < 1.29 is 19.1 Å². The van der Waals surface area contributed by atoms with Gasteiger partial charge in [0.15, 0.2) is 0 Å². The Kier molecular flexibility index (Phi) is 4.26. The molecule has 1 aromatic rings. The van der Waals surface area contributed by atoms with E-state index in [1.165, 1.54) is 17.7 Å². The van der Waals surface area contributed by atoms with E-state index < -0.39 is 5.91 Å². The average molecular weight is 398 g/mol. The van der Waals surface area contributed by atoms with E-state index in [1.54, 1.807) is 18.3 Å². The van der Waals surface area contributed by atoms with Gasteiger partial charge in [-0.15, -0.1) is 0 Å². The number of hydrogen-bond acceptors (Lipinski definition) is 5. The lowest BCUT2D eigenvalue weighted by molar-refractivity contribution is -0.140. The predicted octanol–water partition coefficient (Wildman–Crippen LogP) is 1.98. The van der Waals surface area contributed by atoms with Crippen molar-refractivity contribution in [2.24, 2.45) is 17.1 Å². The van der Waals surface area contributed by atoms with Crippen molar-refractivity contribution in [3.63, 3.8) is 0 Å². The second kappa shape index (κ2) is 6.71. The first kappa shape index (κ1) is 18.4. The first-order chi connectivity index (χ1) is 13.9. The van der Waals surface area contributed by atoms with Gasteiger partial charge in [0.2, 0.25) is 5.88 Å². The third kappa shape index (κ3) is 3.34. The number of pyridine rings is 1.